The number of anilines is 1. The minimum atomic E-state index is -3.49. The third kappa shape index (κ3) is 5.12. The number of aromatic nitrogens is 4. The highest BCUT2D eigenvalue weighted by Gasteiger charge is 2.25. The highest BCUT2D eigenvalue weighted by atomic mass is 32.2. The molecule has 162 valence electrons. The van der Waals surface area contributed by atoms with Gasteiger partial charge in [0.2, 0.25) is 21.1 Å². The van der Waals surface area contributed by atoms with Gasteiger partial charge in [-0.05, 0) is 59.7 Å². The number of carbonyl (C=O) groups excluding carboxylic acids is 1. The second kappa shape index (κ2) is 9.58. The summed E-state index contributed by atoms with van der Waals surface area (Å²) in [4.78, 5) is 12.6. The van der Waals surface area contributed by atoms with Gasteiger partial charge in [-0.2, -0.15) is 8.99 Å². The van der Waals surface area contributed by atoms with Gasteiger partial charge in [-0.25, -0.2) is 8.42 Å². The second-order valence-electron chi connectivity index (χ2n) is 7.03. The Labute approximate surface area is 184 Å². The largest absolute Gasteiger partial charge is 0.325 e. The number of benzene rings is 2. The molecule has 1 amide bonds. The number of hydrogen-bond acceptors (Lipinski definition) is 7. The molecule has 0 aliphatic carbocycles. The number of nitrogens with zero attached hydrogens (tertiary/aromatic N) is 5. The molecule has 1 aliphatic rings. The first-order chi connectivity index (χ1) is 15.0. The van der Waals surface area contributed by atoms with Gasteiger partial charge in [-0.3, -0.25) is 4.79 Å². The molecule has 0 bridgehead atoms. The monoisotopic (exact) mass is 458 g/mol. The predicted molar refractivity (Wildman–Crippen MR) is 118 cm³/mol. The van der Waals surface area contributed by atoms with Crippen LogP contribution in [0.3, 0.4) is 0 Å². The van der Waals surface area contributed by atoms with Crippen LogP contribution < -0.4 is 5.32 Å². The quantitative estimate of drug-likeness (QED) is 0.542. The van der Waals surface area contributed by atoms with Crippen molar-refractivity contribution in [2.75, 3.05) is 24.2 Å². The van der Waals surface area contributed by atoms with E-state index in [1.165, 1.54) is 28.2 Å². The minimum absolute atomic E-state index is 0.112. The third-order valence-electron chi connectivity index (χ3n) is 4.86. The fraction of sp³-hybridized carbons (Fsp3) is 0.300. The van der Waals surface area contributed by atoms with Gasteiger partial charge in [0, 0.05) is 18.8 Å². The average molecular weight is 459 g/mol. The van der Waals surface area contributed by atoms with E-state index in [0.29, 0.717) is 23.9 Å². The Kier molecular flexibility index (Phi) is 6.64. The van der Waals surface area contributed by atoms with Crippen LogP contribution in [0.4, 0.5) is 5.69 Å². The first-order valence-electron chi connectivity index (χ1n) is 9.91. The lowest BCUT2D eigenvalue weighted by Crippen LogP contribution is -2.35. The zero-order valence-corrected chi connectivity index (χ0v) is 18.3. The molecule has 1 aliphatic heterocycles. The molecule has 9 nitrogen and oxygen atoms in total. The Morgan fingerprint density at radius 3 is 2.42 bits per heavy atom. The summed E-state index contributed by atoms with van der Waals surface area (Å²) in [7, 11) is -3.49. The van der Waals surface area contributed by atoms with Crippen molar-refractivity contribution in [2.45, 2.75) is 29.3 Å². The lowest BCUT2D eigenvalue weighted by Gasteiger charge is -2.25. The smallest absolute Gasteiger partial charge is 0.243 e. The first-order valence-corrected chi connectivity index (χ1v) is 12.3. The Bertz CT molecular complexity index is 1130. The molecule has 4 rings (SSSR count). The van der Waals surface area contributed by atoms with Crippen molar-refractivity contribution in [3.05, 3.63) is 54.6 Å². The molecule has 31 heavy (non-hydrogen) atoms. The maximum absolute atomic E-state index is 12.7. The number of hydrogen-bond donors (Lipinski definition) is 1. The SMILES string of the molecule is O=C(CSc1nnnn1-c1ccccc1)Nc1ccc(S(=O)(=O)N2CCCCC2)cc1. The Balaban J connectivity index is 1.35. The summed E-state index contributed by atoms with van der Waals surface area (Å²) in [6.45, 7) is 1.11. The Morgan fingerprint density at radius 1 is 1.00 bits per heavy atom. The van der Waals surface area contributed by atoms with Gasteiger partial charge in [0.25, 0.3) is 0 Å². The van der Waals surface area contributed by atoms with Crippen LogP contribution in [0, 0.1) is 0 Å². The van der Waals surface area contributed by atoms with Crippen molar-refractivity contribution in [1.29, 1.82) is 0 Å². The lowest BCUT2D eigenvalue weighted by molar-refractivity contribution is -0.113. The lowest BCUT2D eigenvalue weighted by atomic mass is 10.2. The summed E-state index contributed by atoms with van der Waals surface area (Å²) in [5, 5.41) is 14.9. The molecule has 0 atom stereocenters. The highest BCUT2D eigenvalue weighted by Crippen LogP contribution is 2.22. The molecule has 3 aromatic rings. The molecule has 0 saturated carbocycles. The molecule has 1 N–H and O–H groups in total. The van der Waals surface area contributed by atoms with Gasteiger partial charge in [0.1, 0.15) is 0 Å². The van der Waals surface area contributed by atoms with Gasteiger partial charge in [-0.1, -0.05) is 36.4 Å². The van der Waals surface area contributed by atoms with Crippen LogP contribution in [0.1, 0.15) is 19.3 Å². The van der Waals surface area contributed by atoms with Crippen LogP contribution in [0.25, 0.3) is 5.69 Å². The third-order valence-corrected chi connectivity index (χ3v) is 7.70. The van der Waals surface area contributed by atoms with E-state index in [9.17, 15) is 13.2 Å². The number of tetrazole rings is 1. The molecule has 2 aromatic carbocycles. The summed E-state index contributed by atoms with van der Waals surface area (Å²) >= 11 is 1.21. The van der Waals surface area contributed by atoms with E-state index in [-0.39, 0.29) is 16.6 Å². The standard InChI is InChI=1S/C20H22N6O3S2/c27-19(15-30-20-22-23-24-26(20)17-7-3-1-4-8-17)21-16-9-11-18(12-10-16)31(28,29)25-13-5-2-6-14-25/h1,3-4,7-12H,2,5-6,13-15H2,(H,21,27). The average Bonchev–Trinajstić information content (AvgIpc) is 3.28. The normalized spacial score (nSPS) is 15.0. The summed E-state index contributed by atoms with van der Waals surface area (Å²) in [6, 6.07) is 15.7. The van der Waals surface area contributed by atoms with Crippen molar-refractivity contribution in [3.63, 3.8) is 0 Å². The van der Waals surface area contributed by atoms with Gasteiger partial charge in [0.15, 0.2) is 0 Å². The fourth-order valence-electron chi connectivity index (χ4n) is 3.29. The van der Waals surface area contributed by atoms with Crippen molar-refractivity contribution < 1.29 is 13.2 Å². The molecule has 1 aromatic heterocycles. The maximum Gasteiger partial charge on any atom is 0.243 e. The van der Waals surface area contributed by atoms with E-state index in [4.69, 9.17) is 0 Å². The van der Waals surface area contributed by atoms with Crippen LogP contribution in [-0.2, 0) is 14.8 Å². The van der Waals surface area contributed by atoms with Crippen molar-refractivity contribution >= 4 is 33.4 Å². The predicted octanol–water partition coefficient (Wildman–Crippen LogP) is 2.57. The van der Waals surface area contributed by atoms with E-state index < -0.39 is 10.0 Å². The van der Waals surface area contributed by atoms with Crippen LogP contribution in [0.5, 0.6) is 0 Å². The highest BCUT2D eigenvalue weighted by molar-refractivity contribution is 7.99. The molecule has 0 spiro atoms. The topological polar surface area (TPSA) is 110 Å². The summed E-state index contributed by atoms with van der Waals surface area (Å²) in [5.41, 5.74) is 1.34. The van der Waals surface area contributed by atoms with E-state index >= 15 is 0 Å². The molecule has 11 heteroatoms. The fourth-order valence-corrected chi connectivity index (χ4v) is 5.50. The van der Waals surface area contributed by atoms with Crippen molar-refractivity contribution in [3.8, 4) is 5.69 Å². The molecule has 0 radical (unpaired) electrons. The number of nitrogens with one attached hydrogen (secondary N) is 1. The van der Waals surface area contributed by atoms with E-state index in [1.54, 1.807) is 16.8 Å². The molecule has 1 fully saturated rings. The molecule has 1 saturated heterocycles. The summed E-state index contributed by atoms with van der Waals surface area (Å²) in [5.74, 6) is -0.125. The number of piperidine rings is 1. The van der Waals surface area contributed by atoms with E-state index in [0.717, 1.165) is 24.9 Å². The van der Waals surface area contributed by atoms with Crippen LogP contribution in [0.15, 0.2) is 64.6 Å². The van der Waals surface area contributed by atoms with Crippen LogP contribution >= 0.6 is 11.8 Å². The number of amides is 1. The van der Waals surface area contributed by atoms with E-state index in [2.05, 4.69) is 20.8 Å². The molecule has 2 heterocycles. The van der Waals surface area contributed by atoms with Crippen LogP contribution in [-0.4, -0.2) is 57.7 Å². The molecular weight excluding hydrogens is 436 g/mol. The van der Waals surface area contributed by atoms with Gasteiger partial charge < -0.3 is 5.32 Å². The number of thioether (sulfide) groups is 1. The summed E-state index contributed by atoms with van der Waals surface area (Å²) < 4.78 is 28.5. The minimum Gasteiger partial charge on any atom is -0.325 e. The van der Waals surface area contributed by atoms with Crippen molar-refractivity contribution in [2.24, 2.45) is 0 Å². The number of rotatable bonds is 7. The summed E-state index contributed by atoms with van der Waals surface area (Å²) in [6.07, 6.45) is 2.84. The molecule has 0 unspecified atom stereocenters. The van der Waals surface area contributed by atoms with E-state index in [1.807, 2.05) is 30.3 Å². The van der Waals surface area contributed by atoms with Gasteiger partial charge in [0.05, 0.1) is 16.3 Å². The zero-order valence-electron chi connectivity index (χ0n) is 16.7. The van der Waals surface area contributed by atoms with Crippen LogP contribution in [0.2, 0.25) is 0 Å². The maximum atomic E-state index is 12.7. The zero-order chi connectivity index (χ0) is 21.7. The number of carbonyl (C=O) groups is 1. The first kappa shape index (κ1) is 21.5. The van der Waals surface area contributed by atoms with Gasteiger partial charge in [-0.15, -0.1) is 5.10 Å². The molecular formula is C20H22N6O3S2. The number of sulfonamides is 1. The van der Waals surface area contributed by atoms with Gasteiger partial charge >= 0.3 is 0 Å². The Morgan fingerprint density at radius 2 is 1.71 bits per heavy atom. The Hall–Kier alpha value is -2.76. The second-order valence-corrected chi connectivity index (χ2v) is 9.92. The number of para-hydroxylation sites is 1. The van der Waals surface area contributed by atoms with Crippen molar-refractivity contribution in [1.82, 2.24) is 24.5 Å².